The molecule has 3 rings (SSSR count). The molecule has 0 unspecified atom stereocenters. The Hall–Kier alpha value is -3.65. The summed E-state index contributed by atoms with van der Waals surface area (Å²) in [4.78, 5) is 39.2. The van der Waals surface area contributed by atoms with Crippen molar-refractivity contribution in [2.75, 3.05) is 30.9 Å². The zero-order chi connectivity index (χ0) is 24.0. The van der Waals surface area contributed by atoms with Gasteiger partial charge in [-0.3, -0.25) is 19.3 Å². The summed E-state index contributed by atoms with van der Waals surface area (Å²) in [5.41, 5.74) is 2.20. The maximum atomic E-state index is 13.3. The van der Waals surface area contributed by atoms with Crippen molar-refractivity contribution in [3.05, 3.63) is 59.8 Å². The fourth-order valence-electron chi connectivity index (χ4n) is 3.51. The zero-order valence-corrected chi connectivity index (χ0v) is 19.3. The molecule has 3 amide bonds. The summed E-state index contributed by atoms with van der Waals surface area (Å²) in [6.07, 6.45) is 0.611. The highest BCUT2D eigenvalue weighted by Crippen LogP contribution is 2.33. The van der Waals surface area contributed by atoms with Gasteiger partial charge in [0.1, 0.15) is 11.4 Å². The highest BCUT2D eigenvalue weighted by Gasteiger charge is 2.39. The van der Waals surface area contributed by atoms with E-state index in [2.05, 4.69) is 10.6 Å². The number of imide groups is 1. The summed E-state index contributed by atoms with van der Waals surface area (Å²) in [6, 6.07) is 14.0. The average molecular weight is 452 g/mol. The molecule has 8 nitrogen and oxygen atoms in total. The van der Waals surface area contributed by atoms with E-state index in [0.29, 0.717) is 35.7 Å². The third-order valence-electron chi connectivity index (χ3n) is 5.01. The van der Waals surface area contributed by atoms with Gasteiger partial charge in [0.05, 0.1) is 24.5 Å². The number of hydrogen-bond acceptors (Lipinski definition) is 6. The van der Waals surface area contributed by atoms with E-state index in [1.807, 2.05) is 26.0 Å². The van der Waals surface area contributed by atoms with Crippen LogP contribution in [-0.2, 0) is 19.1 Å². The lowest BCUT2D eigenvalue weighted by atomic mass is 10.0. The quantitative estimate of drug-likeness (QED) is 0.423. The number of carbonyl (C=O) groups is 3. The van der Waals surface area contributed by atoms with Gasteiger partial charge in [-0.25, -0.2) is 0 Å². The summed E-state index contributed by atoms with van der Waals surface area (Å²) in [5, 5.41) is 5.81. The fraction of sp³-hybridized carbons (Fsp3) is 0.320. The molecule has 1 heterocycles. The Morgan fingerprint density at radius 3 is 2.36 bits per heavy atom. The van der Waals surface area contributed by atoms with Crippen molar-refractivity contribution in [1.82, 2.24) is 4.90 Å². The predicted octanol–water partition coefficient (Wildman–Crippen LogP) is 3.66. The molecule has 0 spiro atoms. The number of methoxy groups -OCH3 is 1. The molecule has 0 saturated carbocycles. The van der Waals surface area contributed by atoms with E-state index in [4.69, 9.17) is 9.47 Å². The van der Waals surface area contributed by atoms with Crippen LogP contribution in [0.2, 0.25) is 0 Å². The van der Waals surface area contributed by atoms with Gasteiger partial charge in [-0.05, 0) is 50.1 Å². The number of benzene rings is 2. The molecule has 0 bridgehead atoms. The van der Waals surface area contributed by atoms with Crippen LogP contribution in [0.25, 0.3) is 5.57 Å². The Morgan fingerprint density at radius 2 is 1.73 bits per heavy atom. The van der Waals surface area contributed by atoms with E-state index in [1.165, 1.54) is 11.8 Å². The second-order valence-electron chi connectivity index (χ2n) is 7.87. The van der Waals surface area contributed by atoms with Crippen molar-refractivity contribution >= 4 is 34.7 Å². The first-order valence-electron chi connectivity index (χ1n) is 10.8. The lowest BCUT2D eigenvalue weighted by Gasteiger charge is -2.16. The van der Waals surface area contributed by atoms with Crippen molar-refractivity contribution in [3.63, 3.8) is 0 Å². The van der Waals surface area contributed by atoms with Gasteiger partial charge in [-0.1, -0.05) is 24.3 Å². The first-order chi connectivity index (χ1) is 15.8. The molecule has 2 N–H and O–H groups in total. The van der Waals surface area contributed by atoms with Crippen molar-refractivity contribution in [1.29, 1.82) is 0 Å². The maximum Gasteiger partial charge on any atom is 0.278 e. The molecule has 33 heavy (non-hydrogen) atoms. The Balaban J connectivity index is 1.94. The topological polar surface area (TPSA) is 97.0 Å². The van der Waals surface area contributed by atoms with Gasteiger partial charge in [0.25, 0.3) is 11.8 Å². The number of anilines is 2. The minimum atomic E-state index is -0.406. The van der Waals surface area contributed by atoms with Crippen LogP contribution in [0.1, 0.15) is 32.8 Å². The molecule has 1 aliphatic rings. The van der Waals surface area contributed by atoms with Crippen LogP contribution in [0.3, 0.4) is 0 Å². The van der Waals surface area contributed by atoms with Crippen LogP contribution in [0.15, 0.2) is 54.2 Å². The molecule has 1 aliphatic heterocycles. The zero-order valence-electron chi connectivity index (χ0n) is 19.3. The molecule has 174 valence electrons. The Morgan fingerprint density at radius 1 is 1.03 bits per heavy atom. The minimum absolute atomic E-state index is 0.0774. The molecule has 0 aliphatic carbocycles. The van der Waals surface area contributed by atoms with Crippen LogP contribution >= 0.6 is 0 Å². The number of ether oxygens (including phenoxy) is 2. The molecular formula is C25H29N3O5. The molecular weight excluding hydrogens is 422 g/mol. The summed E-state index contributed by atoms with van der Waals surface area (Å²) in [5.74, 6) is -0.428. The summed E-state index contributed by atoms with van der Waals surface area (Å²) in [7, 11) is 1.54. The number of carbonyl (C=O) groups excluding carboxylic acids is 3. The normalized spacial score (nSPS) is 13.7. The number of para-hydroxylation sites is 2. The largest absolute Gasteiger partial charge is 0.495 e. The van der Waals surface area contributed by atoms with Gasteiger partial charge in [-0.2, -0.15) is 0 Å². The second-order valence-corrected chi connectivity index (χ2v) is 7.87. The first kappa shape index (κ1) is 24.0. The summed E-state index contributed by atoms with van der Waals surface area (Å²) in [6.45, 7) is 5.99. The highest BCUT2D eigenvalue weighted by molar-refractivity contribution is 6.36. The van der Waals surface area contributed by atoms with Crippen LogP contribution in [0.4, 0.5) is 11.4 Å². The molecule has 2 aromatic carbocycles. The van der Waals surface area contributed by atoms with Crippen molar-refractivity contribution < 1.29 is 23.9 Å². The SMILES string of the molecule is COc1ccccc1NC1=C(c2ccc(NC(C)=O)cc2)C(=O)N(CCCOC(C)C)C1=O. The van der Waals surface area contributed by atoms with E-state index in [0.717, 1.165) is 0 Å². The number of rotatable bonds is 10. The van der Waals surface area contributed by atoms with E-state index in [1.54, 1.807) is 43.5 Å². The van der Waals surface area contributed by atoms with Crippen molar-refractivity contribution in [3.8, 4) is 5.75 Å². The standard InChI is InChI=1S/C25H29N3O5/c1-16(2)33-15-7-14-28-24(30)22(18-10-12-19(13-11-18)26-17(3)29)23(25(28)31)27-20-8-5-6-9-21(20)32-4/h5-6,8-13,16,27H,7,14-15H2,1-4H3,(H,26,29). The molecule has 0 saturated heterocycles. The van der Waals surface area contributed by atoms with Gasteiger partial charge in [-0.15, -0.1) is 0 Å². The summed E-state index contributed by atoms with van der Waals surface area (Å²) < 4.78 is 10.9. The Bertz CT molecular complexity index is 1060. The summed E-state index contributed by atoms with van der Waals surface area (Å²) >= 11 is 0. The van der Waals surface area contributed by atoms with Crippen LogP contribution in [0, 0.1) is 0 Å². The van der Waals surface area contributed by atoms with Gasteiger partial charge in [0.2, 0.25) is 5.91 Å². The lowest BCUT2D eigenvalue weighted by molar-refractivity contribution is -0.137. The lowest BCUT2D eigenvalue weighted by Crippen LogP contribution is -2.34. The number of nitrogens with zero attached hydrogens (tertiary/aromatic N) is 1. The maximum absolute atomic E-state index is 13.3. The van der Waals surface area contributed by atoms with Gasteiger partial charge in [0.15, 0.2) is 0 Å². The Kier molecular flexibility index (Phi) is 7.84. The molecule has 0 fully saturated rings. The Labute approximate surface area is 193 Å². The number of hydrogen-bond donors (Lipinski definition) is 2. The molecule has 0 radical (unpaired) electrons. The van der Waals surface area contributed by atoms with Crippen molar-refractivity contribution in [2.45, 2.75) is 33.3 Å². The molecule has 0 aromatic heterocycles. The number of amides is 3. The third-order valence-corrected chi connectivity index (χ3v) is 5.01. The van der Waals surface area contributed by atoms with E-state index in [-0.39, 0.29) is 35.7 Å². The monoisotopic (exact) mass is 451 g/mol. The minimum Gasteiger partial charge on any atom is -0.495 e. The molecule has 8 heteroatoms. The molecule has 0 atom stereocenters. The fourth-order valence-corrected chi connectivity index (χ4v) is 3.51. The predicted molar refractivity (Wildman–Crippen MR) is 127 cm³/mol. The van der Waals surface area contributed by atoms with Crippen LogP contribution < -0.4 is 15.4 Å². The average Bonchev–Trinajstić information content (AvgIpc) is 3.01. The van der Waals surface area contributed by atoms with E-state index >= 15 is 0 Å². The third kappa shape index (κ3) is 5.78. The highest BCUT2D eigenvalue weighted by atomic mass is 16.5. The van der Waals surface area contributed by atoms with Crippen molar-refractivity contribution in [2.24, 2.45) is 0 Å². The van der Waals surface area contributed by atoms with Crippen LogP contribution in [-0.4, -0.2) is 49.0 Å². The van der Waals surface area contributed by atoms with E-state index in [9.17, 15) is 14.4 Å². The van der Waals surface area contributed by atoms with Crippen LogP contribution in [0.5, 0.6) is 5.75 Å². The van der Waals surface area contributed by atoms with Gasteiger partial charge >= 0.3 is 0 Å². The van der Waals surface area contributed by atoms with E-state index < -0.39 is 5.91 Å². The number of nitrogens with one attached hydrogen (secondary N) is 2. The first-order valence-corrected chi connectivity index (χ1v) is 10.8. The smallest absolute Gasteiger partial charge is 0.278 e. The van der Waals surface area contributed by atoms with Gasteiger partial charge in [0, 0.05) is 25.8 Å². The second kappa shape index (κ2) is 10.8. The van der Waals surface area contributed by atoms with Gasteiger partial charge < -0.3 is 20.1 Å². The molecule has 2 aromatic rings.